The van der Waals surface area contributed by atoms with Crippen LogP contribution >= 0.6 is 0 Å². The van der Waals surface area contributed by atoms with Crippen LogP contribution in [0, 0.1) is 23.2 Å². The van der Waals surface area contributed by atoms with Crippen molar-refractivity contribution in [1.82, 2.24) is 0 Å². The van der Waals surface area contributed by atoms with Gasteiger partial charge in [-0.1, -0.05) is 18.6 Å². The van der Waals surface area contributed by atoms with E-state index in [1.54, 1.807) is 0 Å². The molecule has 0 bridgehead atoms. The zero-order valence-corrected chi connectivity index (χ0v) is 14.1. The Labute approximate surface area is 137 Å². The Bertz CT molecular complexity index is 556. The zero-order valence-electron chi connectivity index (χ0n) is 14.1. The number of fused-ring (bicyclic) bond motifs is 5. The van der Waals surface area contributed by atoms with Crippen LogP contribution in [0.25, 0.3) is 0 Å². The predicted octanol–water partition coefficient (Wildman–Crippen LogP) is 2.58. The number of ether oxygens (including phenoxy) is 1. The highest BCUT2D eigenvalue weighted by molar-refractivity contribution is 5.71. The topological polar surface area (TPSA) is 66.8 Å². The molecule has 1 heterocycles. The molecular weight excluding hydrogens is 292 g/mol. The summed E-state index contributed by atoms with van der Waals surface area (Å²) in [7, 11) is 0. The maximum absolute atomic E-state index is 11.8. The molecule has 0 aromatic carbocycles. The van der Waals surface area contributed by atoms with E-state index in [-0.39, 0.29) is 29.3 Å². The fourth-order valence-electron chi connectivity index (χ4n) is 6.15. The predicted molar refractivity (Wildman–Crippen MR) is 85.5 cm³/mol. The van der Waals surface area contributed by atoms with E-state index in [0.717, 1.165) is 32.1 Å². The van der Waals surface area contributed by atoms with E-state index in [2.05, 4.69) is 13.8 Å². The minimum Gasteiger partial charge on any atom is -0.459 e. The monoisotopic (exact) mass is 320 g/mol. The molecule has 4 rings (SSSR count). The molecule has 2 N–H and O–H groups in total. The molecule has 0 aromatic heterocycles. The Morgan fingerprint density at radius 2 is 1.91 bits per heavy atom. The number of hydrogen-bond acceptors (Lipinski definition) is 4. The molecule has 1 saturated heterocycles. The Morgan fingerprint density at radius 1 is 1.13 bits per heavy atom. The minimum atomic E-state index is -0.477. The van der Waals surface area contributed by atoms with Crippen LogP contribution in [0.1, 0.15) is 58.8 Å². The Hall–Kier alpha value is -0.870. The third-order valence-corrected chi connectivity index (χ3v) is 7.44. The maximum Gasteiger partial charge on any atom is 0.306 e. The summed E-state index contributed by atoms with van der Waals surface area (Å²) in [4.78, 5) is 11.8. The first-order valence-electron chi connectivity index (χ1n) is 9.13. The van der Waals surface area contributed by atoms with Gasteiger partial charge in [0.05, 0.1) is 12.2 Å². The number of aliphatic hydroxyl groups is 2. The van der Waals surface area contributed by atoms with Crippen LogP contribution in [-0.4, -0.2) is 34.0 Å². The van der Waals surface area contributed by atoms with Crippen molar-refractivity contribution < 1.29 is 19.7 Å². The first-order valence-corrected chi connectivity index (χ1v) is 9.13. The lowest BCUT2D eigenvalue weighted by Gasteiger charge is -2.60. The van der Waals surface area contributed by atoms with Crippen LogP contribution in [0.5, 0.6) is 0 Å². The van der Waals surface area contributed by atoms with Crippen LogP contribution in [0.3, 0.4) is 0 Å². The van der Waals surface area contributed by atoms with Crippen molar-refractivity contribution in [2.75, 3.05) is 0 Å². The van der Waals surface area contributed by atoms with E-state index in [1.807, 2.05) is 6.08 Å². The highest BCUT2D eigenvalue weighted by Gasteiger charge is 2.59. The van der Waals surface area contributed by atoms with Crippen molar-refractivity contribution in [2.45, 2.75) is 76.6 Å². The molecule has 4 nitrogen and oxygen atoms in total. The average molecular weight is 320 g/mol. The summed E-state index contributed by atoms with van der Waals surface area (Å²) < 4.78 is 5.75. The van der Waals surface area contributed by atoms with E-state index >= 15 is 0 Å². The molecule has 0 spiro atoms. The van der Waals surface area contributed by atoms with E-state index in [1.165, 1.54) is 5.57 Å². The number of carbonyl (C=O) groups is 1. The smallest absolute Gasteiger partial charge is 0.306 e. The maximum atomic E-state index is 11.8. The molecule has 0 unspecified atom stereocenters. The van der Waals surface area contributed by atoms with Gasteiger partial charge in [-0.05, 0) is 62.7 Å². The minimum absolute atomic E-state index is 0.0873. The van der Waals surface area contributed by atoms with Crippen LogP contribution in [0.2, 0.25) is 0 Å². The molecule has 3 aliphatic carbocycles. The van der Waals surface area contributed by atoms with Gasteiger partial charge in [0.1, 0.15) is 5.60 Å². The van der Waals surface area contributed by atoms with Crippen molar-refractivity contribution >= 4 is 5.97 Å². The van der Waals surface area contributed by atoms with Gasteiger partial charge in [-0.2, -0.15) is 0 Å². The summed E-state index contributed by atoms with van der Waals surface area (Å²) in [6.45, 7) is 4.38. The first-order chi connectivity index (χ1) is 10.8. The number of rotatable bonds is 0. The second-order valence-corrected chi connectivity index (χ2v) is 8.65. The van der Waals surface area contributed by atoms with Crippen LogP contribution in [-0.2, 0) is 9.53 Å². The average Bonchev–Trinajstić information content (AvgIpc) is 2.48. The van der Waals surface area contributed by atoms with E-state index in [0.29, 0.717) is 18.8 Å². The van der Waals surface area contributed by atoms with E-state index in [9.17, 15) is 15.0 Å². The molecule has 0 amide bonds. The van der Waals surface area contributed by atoms with E-state index < -0.39 is 11.7 Å². The second-order valence-electron chi connectivity index (χ2n) is 8.65. The van der Waals surface area contributed by atoms with Gasteiger partial charge in [-0.25, -0.2) is 0 Å². The fourth-order valence-corrected chi connectivity index (χ4v) is 6.15. The van der Waals surface area contributed by atoms with Gasteiger partial charge in [0.2, 0.25) is 0 Å². The third-order valence-electron chi connectivity index (χ3n) is 7.44. The summed E-state index contributed by atoms with van der Waals surface area (Å²) in [5, 5.41) is 20.9. The van der Waals surface area contributed by atoms with Crippen LogP contribution in [0.4, 0.5) is 0 Å². The van der Waals surface area contributed by atoms with E-state index in [4.69, 9.17) is 4.74 Å². The van der Waals surface area contributed by atoms with Crippen molar-refractivity contribution in [2.24, 2.45) is 23.2 Å². The summed E-state index contributed by atoms with van der Waals surface area (Å²) in [6, 6.07) is 0. The molecule has 4 heteroatoms. The third kappa shape index (κ3) is 2.21. The SMILES string of the molecule is C[C@]12CC[C@H](O)CC1=C[C@@H](O)[C@@H]1[C@@H]2CC[C@]2(C)OC(=O)CC[C@@H]12. The van der Waals surface area contributed by atoms with Crippen molar-refractivity contribution in [3.05, 3.63) is 11.6 Å². The molecule has 0 aromatic rings. The first kappa shape index (κ1) is 15.6. The van der Waals surface area contributed by atoms with Gasteiger partial charge in [-0.3, -0.25) is 4.79 Å². The summed E-state index contributed by atoms with van der Waals surface area (Å²) >= 11 is 0. The van der Waals surface area contributed by atoms with Crippen molar-refractivity contribution in [1.29, 1.82) is 0 Å². The summed E-state index contributed by atoms with van der Waals surface area (Å²) in [6.07, 6.45) is 7.02. The standard InChI is InChI=1S/C19H28O4/c1-18-7-5-12(20)9-11(18)10-15(21)17-13(18)6-8-19(2)14(17)3-4-16(22)23-19/h10,12-15,17,20-21H,3-9H2,1-2H3/t12-,13-,14-,15+,17+,18-,19-/m0/s1. The van der Waals surface area contributed by atoms with Gasteiger partial charge in [-0.15, -0.1) is 0 Å². The molecule has 1 aliphatic heterocycles. The normalized spacial score (nSPS) is 52.6. The van der Waals surface area contributed by atoms with Gasteiger partial charge < -0.3 is 14.9 Å². The largest absolute Gasteiger partial charge is 0.459 e. The molecule has 128 valence electrons. The Kier molecular flexibility index (Phi) is 3.44. The molecule has 23 heavy (non-hydrogen) atoms. The number of aliphatic hydroxyl groups excluding tert-OH is 2. The van der Waals surface area contributed by atoms with Crippen molar-refractivity contribution in [3.8, 4) is 0 Å². The van der Waals surface area contributed by atoms with Crippen LogP contribution < -0.4 is 0 Å². The molecule has 0 radical (unpaired) electrons. The Morgan fingerprint density at radius 3 is 2.70 bits per heavy atom. The molecule has 2 saturated carbocycles. The lowest BCUT2D eigenvalue weighted by molar-refractivity contribution is -0.200. The summed E-state index contributed by atoms with van der Waals surface area (Å²) in [5.41, 5.74) is 0.931. The van der Waals surface area contributed by atoms with Crippen molar-refractivity contribution in [3.63, 3.8) is 0 Å². The van der Waals surface area contributed by atoms with Gasteiger partial charge in [0.25, 0.3) is 0 Å². The lowest BCUT2D eigenvalue weighted by Crippen LogP contribution is -2.59. The second kappa shape index (κ2) is 5.06. The highest BCUT2D eigenvalue weighted by Crippen LogP contribution is 2.61. The highest BCUT2D eigenvalue weighted by atomic mass is 16.6. The molecular formula is C19H28O4. The molecule has 3 fully saturated rings. The molecule has 7 atom stereocenters. The van der Waals surface area contributed by atoms with Gasteiger partial charge >= 0.3 is 5.97 Å². The van der Waals surface area contributed by atoms with Gasteiger partial charge in [0.15, 0.2) is 0 Å². The van der Waals surface area contributed by atoms with Gasteiger partial charge in [0, 0.05) is 12.3 Å². The molecule has 4 aliphatic rings. The zero-order chi connectivity index (χ0) is 16.4. The number of carbonyl (C=O) groups excluding carboxylic acids is 1. The quantitative estimate of drug-likeness (QED) is 0.532. The summed E-state index contributed by atoms with van der Waals surface area (Å²) in [5.74, 6) is 0.761. The lowest BCUT2D eigenvalue weighted by atomic mass is 9.48. The number of hydrogen-bond donors (Lipinski definition) is 2. The Balaban J connectivity index is 1.71. The fraction of sp³-hybridized carbons (Fsp3) is 0.842. The number of esters is 1. The van der Waals surface area contributed by atoms with Crippen LogP contribution in [0.15, 0.2) is 11.6 Å².